The lowest BCUT2D eigenvalue weighted by Crippen LogP contribution is -2.46. The fourth-order valence-electron chi connectivity index (χ4n) is 3.31. The van der Waals surface area contributed by atoms with Gasteiger partial charge in [0, 0.05) is 50.2 Å². The van der Waals surface area contributed by atoms with Gasteiger partial charge in [-0.3, -0.25) is 4.90 Å². The molecule has 1 heterocycles. The predicted octanol–water partition coefficient (Wildman–Crippen LogP) is 2.43. The Labute approximate surface area is 161 Å². The average Bonchev–Trinajstić information content (AvgIpc) is 2.68. The van der Waals surface area contributed by atoms with Crippen molar-refractivity contribution in [1.29, 1.82) is 0 Å². The summed E-state index contributed by atoms with van der Waals surface area (Å²) in [6, 6.07) is 13.0. The van der Waals surface area contributed by atoms with Gasteiger partial charge in [0.1, 0.15) is 11.5 Å². The molecule has 1 saturated heterocycles. The normalized spacial score (nSPS) is 15.6. The number of anilines is 1. The van der Waals surface area contributed by atoms with Gasteiger partial charge >= 0.3 is 0 Å². The van der Waals surface area contributed by atoms with Crippen molar-refractivity contribution < 1.29 is 17.9 Å². The van der Waals surface area contributed by atoms with Crippen LogP contribution in [0.5, 0.6) is 11.5 Å². The van der Waals surface area contributed by atoms with Crippen LogP contribution in [-0.4, -0.2) is 60.0 Å². The Hall–Kier alpha value is -2.25. The number of hydrogen-bond donors (Lipinski definition) is 0. The van der Waals surface area contributed by atoms with Crippen LogP contribution < -0.4 is 14.4 Å². The third-order valence-electron chi connectivity index (χ3n) is 4.88. The summed E-state index contributed by atoms with van der Waals surface area (Å²) < 4.78 is 34.0. The lowest BCUT2D eigenvalue weighted by Gasteiger charge is -2.36. The predicted molar refractivity (Wildman–Crippen MR) is 107 cm³/mol. The molecule has 7 heteroatoms. The third kappa shape index (κ3) is 4.73. The summed E-state index contributed by atoms with van der Waals surface area (Å²) in [7, 11) is 0.195. The largest absolute Gasteiger partial charge is 0.497 e. The van der Waals surface area contributed by atoms with Crippen molar-refractivity contribution in [2.75, 3.05) is 51.6 Å². The van der Waals surface area contributed by atoms with E-state index in [0.29, 0.717) is 4.90 Å². The lowest BCUT2D eigenvalue weighted by atomic mass is 10.1. The highest BCUT2D eigenvalue weighted by molar-refractivity contribution is 7.90. The minimum absolute atomic E-state index is 0.356. The molecule has 1 fully saturated rings. The van der Waals surface area contributed by atoms with Crippen molar-refractivity contribution >= 4 is 15.5 Å². The highest BCUT2D eigenvalue weighted by Crippen LogP contribution is 2.26. The smallest absolute Gasteiger partial charge is 0.175 e. The maximum absolute atomic E-state index is 11.6. The summed E-state index contributed by atoms with van der Waals surface area (Å²) in [5.41, 5.74) is 2.17. The molecule has 0 atom stereocenters. The Balaban J connectivity index is 1.62. The second-order valence-corrected chi connectivity index (χ2v) is 8.72. The average molecular weight is 391 g/mol. The molecule has 6 nitrogen and oxygen atoms in total. The molecular formula is C20H26N2O4S. The molecule has 0 N–H and O–H groups in total. The van der Waals surface area contributed by atoms with Crippen LogP contribution in [-0.2, 0) is 16.4 Å². The zero-order chi connectivity index (χ0) is 19.4. The van der Waals surface area contributed by atoms with Gasteiger partial charge in [-0.1, -0.05) is 0 Å². The third-order valence-corrected chi connectivity index (χ3v) is 6.01. The van der Waals surface area contributed by atoms with Crippen molar-refractivity contribution in [3.05, 3.63) is 48.0 Å². The van der Waals surface area contributed by atoms with Gasteiger partial charge in [0.2, 0.25) is 0 Å². The molecule has 146 valence electrons. The van der Waals surface area contributed by atoms with Gasteiger partial charge in [-0.2, -0.15) is 0 Å². The Morgan fingerprint density at radius 1 is 0.926 bits per heavy atom. The van der Waals surface area contributed by atoms with Crippen LogP contribution in [0.2, 0.25) is 0 Å². The molecular weight excluding hydrogens is 364 g/mol. The van der Waals surface area contributed by atoms with E-state index >= 15 is 0 Å². The minimum atomic E-state index is -3.15. The summed E-state index contributed by atoms with van der Waals surface area (Å²) in [4.78, 5) is 5.03. The number of benzene rings is 2. The molecule has 1 aliphatic rings. The molecule has 2 aromatic carbocycles. The van der Waals surface area contributed by atoms with Crippen molar-refractivity contribution in [3.8, 4) is 11.5 Å². The van der Waals surface area contributed by atoms with Gasteiger partial charge in [-0.25, -0.2) is 8.42 Å². The van der Waals surface area contributed by atoms with Crippen LogP contribution in [0.1, 0.15) is 5.56 Å². The van der Waals surface area contributed by atoms with Gasteiger partial charge < -0.3 is 14.4 Å². The molecule has 2 aromatic rings. The van der Waals surface area contributed by atoms with Gasteiger partial charge in [0.15, 0.2) is 9.84 Å². The Morgan fingerprint density at radius 3 is 2.15 bits per heavy atom. The van der Waals surface area contributed by atoms with Crippen LogP contribution in [0, 0.1) is 0 Å². The van der Waals surface area contributed by atoms with Crippen molar-refractivity contribution in [2.45, 2.75) is 11.4 Å². The van der Waals surface area contributed by atoms with Crippen LogP contribution in [0.15, 0.2) is 47.4 Å². The summed E-state index contributed by atoms with van der Waals surface area (Å²) >= 11 is 0. The minimum Gasteiger partial charge on any atom is -0.497 e. The number of sulfone groups is 1. The molecule has 0 saturated carbocycles. The monoisotopic (exact) mass is 390 g/mol. The van der Waals surface area contributed by atoms with E-state index in [1.807, 2.05) is 30.3 Å². The Bertz CT molecular complexity index is 873. The van der Waals surface area contributed by atoms with Crippen molar-refractivity contribution in [3.63, 3.8) is 0 Å². The molecule has 1 aliphatic heterocycles. The SMILES string of the molecule is COc1ccc(OC)c(CN2CCN(c3ccc(S(C)(=O)=O)cc3)CC2)c1. The number of nitrogens with zero attached hydrogens (tertiary/aromatic N) is 2. The number of hydrogen-bond acceptors (Lipinski definition) is 6. The van der Waals surface area contributed by atoms with Crippen LogP contribution >= 0.6 is 0 Å². The second-order valence-electron chi connectivity index (χ2n) is 6.71. The first-order valence-electron chi connectivity index (χ1n) is 8.89. The molecule has 3 rings (SSSR count). The van der Waals surface area contributed by atoms with Gasteiger partial charge in [0.25, 0.3) is 0 Å². The van der Waals surface area contributed by atoms with Gasteiger partial charge in [0.05, 0.1) is 19.1 Å². The molecule has 0 spiro atoms. The topological polar surface area (TPSA) is 59.1 Å². The molecule has 0 radical (unpaired) electrons. The molecule has 0 bridgehead atoms. The number of rotatable bonds is 6. The molecule has 0 aliphatic carbocycles. The van der Waals surface area contributed by atoms with E-state index in [1.165, 1.54) is 6.26 Å². The first-order valence-corrected chi connectivity index (χ1v) is 10.8. The highest BCUT2D eigenvalue weighted by atomic mass is 32.2. The summed E-state index contributed by atoms with van der Waals surface area (Å²) in [5.74, 6) is 1.70. The number of piperazine rings is 1. The van der Waals surface area contributed by atoms with E-state index in [0.717, 1.165) is 55.5 Å². The van der Waals surface area contributed by atoms with Crippen molar-refractivity contribution in [2.24, 2.45) is 0 Å². The van der Waals surface area contributed by atoms with E-state index in [1.54, 1.807) is 26.4 Å². The fourth-order valence-corrected chi connectivity index (χ4v) is 3.95. The summed E-state index contributed by atoms with van der Waals surface area (Å²) in [6.45, 7) is 4.44. The van der Waals surface area contributed by atoms with E-state index in [-0.39, 0.29) is 0 Å². The Morgan fingerprint density at radius 2 is 1.59 bits per heavy atom. The molecule has 27 heavy (non-hydrogen) atoms. The van der Waals surface area contributed by atoms with Gasteiger partial charge in [-0.15, -0.1) is 0 Å². The van der Waals surface area contributed by atoms with Crippen LogP contribution in [0.4, 0.5) is 5.69 Å². The summed E-state index contributed by atoms with van der Waals surface area (Å²) in [5, 5.41) is 0. The maximum Gasteiger partial charge on any atom is 0.175 e. The van der Waals surface area contributed by atoms with Gasteiger partial charge in [-0.05, 0) is 42.5 Å². The van der Waals surface area contributed by atoms with Crippen molar-refractivity contribution in [1.82, 2.24) is 4.90 Å². The highest BCUT2D eigenvalue weighted by Gasteiger charge is 2.19. The zero-order valence-corrected chi connectivity index (χ0v) is 16.8. The van der Waals surface area contributed by atoms with Crippen LogP contribution in [0.3, 0.4) is 0 Å². The zero-order valence-electron chi connectivity index (χ0n) is 16.0. The first kappa shape index (κ1) is 19.5. The second kappa shape index (κ2) is 8.19. The number of methoxy groups -OCH3 is 2. The first-order chi connectivity index (χ1) is 12.9. The van der Waals surface area contributed by atoms with E-state index < -0.39 is 9.84 Å². The van der Waals surface area contributed by atoms with E-state index in [2.05, 4.69) is 9.80 Å². The van der Waals surface area contributed by atoms with E-state index in [9.17, 15) is 8.42 Å². The standard InChI is InChI=1S/C20H26N2O4S/c1-25-18-6-9-20(26-2)16(14-18)15-21-10-12-22(13-11-21)17-4-7-19(8-5-17)27(3,23)24/h4-9,14H,10-13,15H2,1-3H3. The molecule has 0 unspecified atom stereocenters. The summed E-state index contributed by atoms with van der Waals surface area (Å²) in [6.07, 6.45) is 1.23. The fraction of sp³-hybridized carbons (Fsp3) is 0.400. The molecule has 0 amide bonds. The van der Waals surface area contributed by atoms with Crippen LogP contribution in [0.25, 0.3) is 0 Å². The van der Waals surface area contributed by atoms with E-state index in [4.69, 9.17) is 9.47 Å². The quantitative estimate of drug-likeness (QED) is 0.755. The Kier molecular flexibility index (Phi) is 5.92. The maximum atomic E-state index is 11.6. The lowest BCUT2D eigenvalue weighted by molar-refractivity contribution is 0.245. The molecule has 0 aromatic heterocycles. The number of ether oxygens (including phenoxy) is 2.